The molecule has 0 atom stereocenters. The molecule has 0 aliphatic carbocycles. The summed E-state index contributed by atoms with van der Waals surface area (Å²) in [5.74, 6) is 0.613. The molecule has 18 heavy (non-hydrogen) atoms. The predicted molar refractivity (Wildman–Crippen MR) is 72.0 cm³/mol. The molecule has 0 unspecified atom stereocenters. The van der Waals surface area contributed by atoms with E-state index >= 15 is 0 Å². The summed E-state index contributed by atoms with van der Waals surface area (Å²) in [6.07, 6.45) is 0. The molecule has 0 spiro atoms. The van der Waals surface area contributed by atoms with Gasteiger partial charge in [-0.25, -0.2) is 0 Å². The van der Waals surface area contributed by atoms with E-state index < -0.39 is 0 Å². The highest BCUT2D eigenvalue weighted by molar-refractivity contribution is 5.99. The van der Waals surface area contributed by atoms with Gasteiger partial charge in [-0.3, -0.25) is 0 Å². The van der Waals surface area contributed by atoms with E-state index in [4.69, 9.17) is 15.7 Å². The highest BCUT2D eigenvalue weighted by Crippen LogP contribution is 2.19. The van der Waals surface area contributed by atoms with E-state index in [0.717, 1.165) is 17.7 Å². The molecule has 0 saturated carbocycles. The van der Waals surface area contributed by atoms with Gasteiger partial charge in [0, 0.05) is 13.1 Å². The first kappa shape index (κ1) is 14.1. The van der Waals surface area contributed by atoms with Crippen LogP contribution in [0.5, 0.6) is 5.75 Å². The maximum absolute atomic E-state index is 8.73. The van der Waals surface area contributed by atoms with Crippen LogP contribution in [0.4, 0.5) is 0 Å². The van der Waals surface area contributed by atoms with Gasteiger partial charge in [0.2, 0.25) is 0 Å². The molecular formula is C13H19N3O2. The third kappa shape index (κ3) is 3.78. The second-order valence-electron chi connectivity index (χ2n) is 4.08. The standard InChI is InChI=1S/C13H19N3O2/c1-9(2)7-15-8-10-4-5-12(18-3)11(6-10)13(14)16-17/h4-6,15,17H,1,7-8H2,2-3H3,(H2,14,16). The van der Waals surface area contributed by atoms with Crippen molar-refractivity contribution in [3.8, 4) is 5.75 Å². The Bertz CT molecular complexity index is 456. The molecule has 5 heteroatoms. The van der Waals surface area contributed by atoms with Crippen LogP contribution in [0.1, 0.15) is 18.1 Å². The zero-order valence-electron chi connectivity index (χ0n) is 10.7. The van der Waals surface area contributed by atoms with Crippen LogP contribution in [-0.4, -0.2) is 24.7 Å². The van der Waals surface area contributed by atoms with Crippen LogP contribution in [0.15, 0.2) is 35.5 Å². The first-order chi connectivity index (χ1) is 8.58. The molecule has 0 saturated heterocycles. The molecule has 0 aliphatic rings. The molecule has 0 radical (unpaired) electrons. The topological polar surface area (TPSA) is 79.9 Å². The summed E-state index contributed by atoms with van der Waals surface area (Å²) in [7, 11) is 1.54. The fourth-order valence-corrected chi connectivity index (χ4v) is 1.54. The number of oxime groups is 1. The van der Waals surface area contributed by atoms with E-state index in [2.05, 4.69) is 17.1 Å². The molecule has 0 amide bonds. The lowest BCUT2D eigenvalue weighted by Crippen LogP contribution is -2.18. The number of ether oxygens (including phenoxy) is 1. The van der Waals surface area contributed by atoms with Crippen molar-refractivity contribution < 1.29 is 9.94 Å². The van der Waals surface area contributed by atoms with Crippen molar-refractivity contribution in [1.29, 1.82) is 0 Å². The van der Waals surface area contributed by atoms with Crippen LogP contribution >= 0.6 is 0 Å². The largest absolute Gasteiger partial charge is 0.496 e. The van der Waals surface area contributed by atoms with E-state index in [-0.39, 0.29) is 5.84 Å². The number of rotatable bonds is 6. The van der Waals surface area contributed by atoms with Gasteiger partial charge in [-0.1, -0.05) is 23.4 Å². The Balaban J connectivity index is 2.86. The molecule has 1 aromatic carbocycles. The first-order valence-electron chi connectivity index (χ1n) is 5.58. The summed E-state index contributed by atoms with van der Waals surface area (Å²) in [6, 6.07) is 5.56. The lowest BCUT2D eigenvalue weighted by Gasteiger charge is -2.10. The van der Waals surface area contributed by atoms with Crippen molar-refractivity contribution in [2.75, 3.05) is 13.7 Å². The van der Waals surface area contributed by atoms with Crippen molar-refractivity contribution in [2.45, 2.75) is 13.5 Å². The second-order valence-corrected chi connectivity index (χ2v) is 4.08. The van der Waals surface area contributed by atoms with Gasteiger partial charge in [-0.05, 0) is 24.6 Å². The number of benzene rings is 1. The molecular weight excluding hydrogens is 230 g/mol. The molecule has 0 fully saturated rings. The maximum atomic E-state index is 8.73. The Morgan fingerprint density at radius 1 is 1.56 bits per heavy atom. The minimum atomic E-state index is 0.0357. The van der Waals surface area contributed by atoms with Crippen LogP contribution in [0.25, 0.3) is 0 Å². The van der Waals surface area contributed by atoms with E-state index in [1.165, 1.54) is 0 Å². The van der Waals surface area contributed by atoms with Crippen molar-refractivity contribution in [3.05, 3.63) is 41.5 Å². The average molecular weight is 249 g/mol. The number of nitrogens with two attached hydrogens (primary N) is 1. The molecule has 0 bridgehead atoms. The minimum absolute atomic E-state index is 0.0357. The van der Waals surface area contributed by atoms with E-state index in [9.17, 15) is 0 Å². The molecule has 1 rings (SSSR count). The highest BCUT2D eigenvalue weighted by atomic mass is 16.5. The zero-order valence-corrected chi connectivity index (χ0v) is 10.7. The van der Waals surface area contributed by atoms with Crippen molar-refractivity contribution in [1.82, 2.24) is 5.32 Å². The van der Waals surface area contributed by atoms with Gasteiger partial charge < -0.3 is 21.0 Å². The van der Waals surface area contributed by atoms with E-state index in [0.29, 0.717) is 17.9 Å². The number of hydrogen-bond donors (Lipinski definition) is 3. The van der Waals surface area contributed by atoms with Gasteiger partial charge in [0.25, 0.3) is 0 Å². The van der Waals surface area contributed by atoms with Gasteiger partial charge in [0.1, 0.15) is 5.75 Å². The van der Waals surface area contributed by atoms with Gasteiger partial charge in [-0.2, -0.15) is 0 Å². The minimum Gasteiger partial charge on any atom is -0.496 e. The number of nitrogens with zero attached hydrogens (tertiary/aromatic N) is 1. The molecule has 98 valence electrons. The lowest BCUT2D eigenvalue weighted by molar-refractivity contribution is 0.318. The molecule has 1 aromatic rings. The number of nitrogens with one attached hydrogen (secondary N) is 1. The van der Waals surface area contributed by atoms with Gasteiger partial charge >= 0.3 is 0 Å². The predicted octanol–water partition coefficient (Wildman–Crippen LogP) is 1.46. The molecule has 5 nitrogen and oxygen atoms in total. The van der Waals surface area contributed by atoms with Gasteiger partial charge in [0.05, 0.1) is 12.7 Å². The fourth-order valence-electron chi connectivity index (χ4n) is 1.54. The monoisotopic (exact) mass is 249 g/mol. The van der Waals surface area contributed by atoms with Crippen molar-refractivity contribution in [3.63, 3.8) is 0 Å². The fraction of sp³-hybridized carbons (Fsp3) is 0.308. The maximum Gasteiger partial charge on any atom is 0.173 e. The molecule has 0 heterocycles. The highest BCUT2D eigenvalue weighted by Gasteiger charge is 2.08. The number of amidine groups is 1. The Morgan fingerprint density at radius 2 is 2.28 bits per heavy atom. The molecule has 0 aliphatic heterocycles. The smallest absolute Gasteiger partial charge is 0.173 e. The normalized spacial score (nSPS) is 11.3. The van der Waals surface area contributed by atoms with Gasteiger partial charge in [-0.15, -0.1) is 0 Å². The quantitative estimate of drug-likeness (QED) is 0.234. The Morgan fingerprint density at radius 3 is 2.83 bits per heavy atom. The Hall–Kier alpha value is -2.01. The summed E-state index contributed by atoms with van der Waals surface area (Å²) >= 11 is 0. The average Bonchev–Trinajstić information content (AvgIpc) is 2.37. The Kier molecular flexibility index (Phi) is 5.20. The number of methoxy groups -OCH3 is 1. The molecule has 0 aromatic heterocycles. The summed E-state index contributed by atoms with van der Waals surface area (Å²) in [6.45, 7) is 7.22. The van der Waals surface area contributed by atoms with Crippen LogP contribution in [0, 0.1) is 0 Å². The van der Waals surface area contributed by atoms with Gasteiger partial charge in [0.15, 0.2) is 5.84 Å². The summed E-state index contributed by atoms with van der Waals surface area (Å²) < 4.78 is 5.16. The first-order valence-corrected chi connectivity index (χ1v) is 5.58. The second kappa shape index (κ2) is 6.66. The van der Waals surface area contributed by atoms with E-state index in [1.54, 1.807) is 13.2 Å². The van der Waals surface area contributed by atoms with E-state index in [1.807, 2.05) is 19.1 Å². The zero-order chi connectivity index (χ0) is 13.5. The van der Waals surface area contributed by atoms with Crippen LogP contribution in [0.3, 0.4) is 0 Å². The van der Waals surface area contributed by atoms with Crippen LogP contribution in [0.2, 0.25) is 0 Å². The van der Waals surface area contributed by atoms with Crippen LogP contribution < -0.4 is 15.8 Å². The lowest BCUT2D eigenvalue weighted by atomic mass is 10.1. The van der Waals surface area contributed by atoms with Crippen molar-refractivity contribution >= 4 is 5.84 Å². The molecule has 4 N–H and O–H groups in total. The van der Waals surface area contributed by atoms with Crippen LogP contribution in [-0.2, 0) is 6.54 Å². The van der Waals surface area contributed by atoms with Crippen molar-refractivity contribution in [2.24, 2.45) is 10.9 Å². The SMILES string of the molecule is C=C(C)CNCc1ccc(OC)c(/C(N)=N/O)c1. The number of hydrogen-bond acceptors (Lipinski definition) is 4. The summed E-state index contributed by atoms with van der Waals surface area (Å²) in [5, 5.41) is 15.0. The third-order valence-corrected chi connectivity index (χ3v) is 2.40. The summed E-state index contributed by atoms with van der Waals surface area (Å²) in [4.78, 5) is 0. The third-order valence-electron chi connectivity index (χ3n) is 2.40. The Labute approximate surface area is 107 Å². The summed E-state index contributed by atoms with van der Waals surface area (Å²) in [5.41, 5.74) is 8.28.